The van der Waals surface area contributed by atoms with Crippen LogP contribution in [0.4, 0.5) is 9.18 Å². The van der Waals surface area contributed by atoms with Gasteiger partial charge in [-0.05, 0) is 17.7 Å². The van der Waals surface area contributed by atoms with Crippen LogP contribution in [0.3, 0.4) is 0 Å². The fourth-order valence-corrected chi connectivity index (χ4v) is 2.07. The van der Waals surface area contributed by atoms with Crippen LogP contribution < -0.4 is 10.6 Å². The number of amides is 2. The summed E-state index contributed by atoms with van der Waals surface area (Å²) in [6.07, 6.45) is 0. The number of methoxy groups -OCH3 is 1. The van der Waals surface area contributed by atoms with Crippen LogP contribution in [0.15, 0.2) is 36.5 Å². The fraction of sp³-hybridized carbons (Fsp3) is 0.231. The van der Waals surface area contributed by atoms with Crippen LogP contribution in [-0.2, 0) is 9.53 Å². The van der Waals surface area contributed by atoms with Crippen LogP contribution in [0, 0.1) is 11.7 Å². The van der Waals surface area contributed by atoms with Crippen molar-refractivity contribution in [2.24, 2.45) is 5.92 Å². The molecule has 1 aliphatic rings. The molecule has 2 N–H and O–H groups in total. The number of hydrogen-bond donors (Lipinski definition) is 2. The summed E-state index contributed by atoms with van der Waals surface area (Å²) in [5, 5.41) is 5.00. The van der Waals surface area contributed by atoms with Gasteiger partial charge in [0.1, 0.15) is 11.7 Å². The zero-order chi connectivity index (χ0) is 14.0. The van der Waals surface area contributed by atoms with E-state index >= 15 is 0 Å². The van der Waals surface area contributed by atoms with E-state index in [0.717, 1.165) is 0 Å². The molecule has 2 atom stereocenters. The standard InChI is InChI=1S/C13H13FN2O3/c1-7-10(12(17)19-2)11(16-13(18)15-7)8-4-3-5-9(14)6-8/h3-6,10-11H,1H2,2H3,(H2,15,16,18). The van der Waals surface area contributed by atoms with Crippen molar-refractivity contribution in [3.8, 4) is 0 Å². The molecule has 1 aliphatic heterocycles. The van der Waals surface area contributed by atoms with Crippen LogP contribution >= 0.6 is 0 Å². The van der Waals surface area contributed by atoms with E-state index in [0.29, 0.717) is 5.56 Å². The lowest BCUT2D eigenvalue weighted by Crippen LogP contribution is -2.51. The molecule has 1 heterocycles. The Labute approximate surface area is 109 Å². The number of urea groups is 1. The molecule has 1 fully saturated rings. The number of carbonyl (C=O) groups is 2. The molecule has 6 heteroatoms. The first kappa shape index (κ1) is 13.1. The van der Waals surface area contributed by atoms with Gasteiger partial charge in [-0.3, -0.25) is 4.79 Å². The van der Waals surface area contributed by atoms with Crippen molar-refractivity contribution >= 4 is 12.0 Å². The van der Waals surface area contributed by atoms with Gasteiger partial charge >= 0.3 is 12.0 Å². The average Bonchev–Trinajstić information content (AvgIpc) is 2.37. The number of ether oxygens (including phenoxy) is 1. The second-order valence-corrected chi connectivity index (χ2v) is 4.16. The summed E-state index contributed by atoms with van der Waals surface area (Å²) in [6.45, 7) is 3.65. The number of carbonyl (C=O) groups excluding carboxylic acids is 2. The minimum absolute atomic E-state index is 0.227. The van der Waals surface area contributed by atoms with Gasteiger partial charge in [-0.25, -0.2) is 9.18 Å². The lowest BCUT2D eigenvalue weighted by molar-refractivity contribution is -0.145. The quantitative estimate of drug-likeness (QED) is 0.795. The van der Waals surface area contributed by atoms with Crippen LogP contribution in [0.25, 0.3) is 0 Å². The summed E-state index contributed by atoms with van der Waals surface area (Å²) >= 11 is 0. The number of rotatable bonds is 2. The molecule has 2 rings (SSSR count). The summed E-state index contributed by atoms with van der Waals surface area (Å²) in [4.78, 5) is 23.3. The van der Waals surface area contributed by atoms with E-state index in [9.17, 15) is 14.0 Å². The molecule has 0 saturated carbocycles. The zero-order valence-electron chi connectivity index (χ0n) is 10.3. The highest BCUT2D eigenvalue weighted by Crippen LogP contribution is 2.30. The van der Waals surface area contributed by atoms with E-state index in [1.165, 1.54) is 25.3 Å². The van der Waals surface area contributed by atoms with Crippen molar-refractivity contribution in [2.45, 2.75) is 6.04 Å². The molecule has 0 aliphatic carbocycles. The third kappa shape index (κ3) is 2.57. The first-order chi connectivity index (χ1) is 9.02. The molecule has 0 radical (unpaired) electrons. The predicted molar refractivity (Wildman–Crippen MR) is 65.5 cm³/mol. The van der Waals surface area contributed by atoms with Gasteiger partial charge in [-0.1, -0.05) is 18.7 Å². The summed E-state index contributed by atoms with van der Waals surface area (Å²) in [5.41, 5.74) is 0.705. The second-order valence-electron chi connectivity index (χ2n) is 4.16. The molecule has 1 aromatic carbocycles. The van der Waals surface area contributed by atoms with Crippen molar-refractivity contribution in [2.75, 3.05) is 7.11 Å². The van der Waals surface area contributed by atoms with Gasteiger partial charge in [0, 0.05) is 5.70 Å². The molecular formula is C13H13FN2O3. The van der Waals surface area contributed by atoms with Gasteiger partial charge < -0.3 is 15.4 Å². The maximum absolute atomic E-state index is 13.3. The van der Waals surface area contributed by atoms with Crippen LogP contribution in [0.5, 0.6) is 0 Å². The summed E-state index contributed by atoms with van der Waals surface area (Å²) < 4.78 is 18.0. The van der Waals surface area contributed by atoms with E-state index < -0.39 is 29.8 Å². The van der Waals surface area contributed by atoms with E-state index in [4.69, 9.17) is 4.74 Å². The molecule has 1 aromatic rings. The Kier molecular flexibility index (Phi) is 3.50. The van der Waals surface area contributed by atoms with E-state index in [2.05, 4.69) is 17.2 Å². The molecule has 2 amide bonds. The van der Waals surface area contributed by atoms with Crippen molar-refractivity contribution in [1.29, 1.82) is 0 Å². The number of halogens is 1. The van der Waals surface area contributed by atoms with E-state index in [1.807, 2.05) is 0 Å². The third-order valence-electron chi connectivity index (χ3n) is 2.93. The Morgan fingerprint density at radius 2 is 2.21 bits per heavy atom. The second kappa shape index (κ2) is 5.09. The molecule has 0 spiro atoms. The van der Waals surface area contributed by atoms with Gasteiger partial charge in [-0.2, -0.15) is 0 Å². The number of benzene rings is 1. The smallest absolute Gasteiger partial charge is 0.319 e. The average molecular weight is 264 g/mol. The van der Waals surface area contributed by atoms with E-state index in [-0.39, 0.29) is 5.70 Å². The normalized spacial score (nSPS) is 22.4. The molecule has 0 aromatic heterocycles. The number of hydrogen-bond acceptors (Lipinski definition) is 3. The van der Waals surface area contributed by atoms with Crippen molar-refractivity contribution in [3.63, 3.8) is 0 Å². The van der Waals surface area contributed by atoms with E-state index in [1.54, 1.807) is 6.07 Å². The van der Waals surface area contributed by atoms with Gasteiger partial charge in [0.05, 0.1) is 13.2 Å². The highest BCUT2D eigenvalue weighted by Gasteiger charge is 2.38. The fourth-order valence-electron chi connectivity index (χ4n) is 2.07. The lowest BCUT2D eigenvalue weighted by Gasteiger charge is -2.32. The summed E-state index contributed by atoms with van der Waals surface area (Å²) in [7, 11) is 1.24. The molecule has 100 valence electrons. The largest absolute Gasteiger partial charge is 0.468 e. The van der Waals surface area contributed by atoms with Crippen LogP contribution in [0.2, 0.25) is 0 Å². The Hall–Kier alpha value is -2.37. The SMILES string of the molecule is C=C1NC(=O)NC(c2cccc(F)c2)C1C(=O)OC. The highest BCUT2D eigenvalue weighted by atomic mass is 19.1. The van der Waals surface area contributed by atoms with Crippen molar-refractivity contribution in [3.05, 3.63) is 47.9 Å². The third-order valence-corrected chi connectivity index (χ3v) is 2.93. The first-order valence-electron chi connectivity index (χ1n) is 5.62. The first-order valence-corrected chi connectivity index (χ1v) is 5.62. The van der Waals surface area contributed by atoms with Crippen LogP contribution in [-0.4, -0.2) is 19.1 Å². The molecule has 19 heavy (non-hydrogen) atoms. The predicted octanol–water partition coefficient (Wildman–Crippen LogP) is 1.48. The maximum atomic E-state index is 13.3. The maximum Gasteiger partial charge on any atom is 0.319 e. The molecular weight excluding hydrogens is 251 g/mol. The van der Waals surface area contributed by atoms with Gasteiger partial charge in [0.25, 0.3) is 0 Å². The zero-order valence-corrected chi connectivity index (χ0v) is 10.3. The van der Waals surface area contributed by atoms with Gasteiger partial charge in [0.2, 0.25) is 0 Å². The minimum Gasteiger partial charge on any atom is -0.468 e. The molecule has 0 bridgehead atoms. The van der Waals surface area contributed by atoms with Crippen molar-refractivity contribution in [1.82, 2.24) is 10.6 Å². The molecule has 2 unspecified atom stereocenters. The van der Waals surface area contributed by atoms with Crippen LogP contribution in [0.1, 0.15) is 11.6 Å². The Bertz CT molecular complexity index is 544. The highest BCUT2D eigenvalue weighted by molar-refractivity contribution is 5.85. The van der Waals surface area contributed by atoms with Crippen molar-refractivity contribution < 1.29 is 18.7 Å². The molecule has 5 nitrogen and oxygen atoms in total. The Morgan fingerprint density at radius 3 is 2.84 bits per heavy atom. The Morgan fingerprint density at radius 1 is 1.47 bits per heavy atom. The summed E-state index contributed by atoms with van der Waals surface area (Å²) in [6, 6.07) is 4.50. The topological polar surface area (TPSA) is 67.4 Å². The summed E-state index contributed by atoms with van der Waals surface area (Å²) in [5.74, 6) is -1.80. The van der Waals surface area contributed by atoms with Gasteiger partial charge in [-0.15, -0.1) is 0 Å². The Balaban J connectivity index is 2.40. The monoisotopic (exact) mass is 264 g/mol. The molecule has 1 saturated heterocycles. The van der Waals surface area contributed by atoms with Gasteiger partial charge in [0.15, 0.2) is 0 Å². The number of esters is 1. The lowest BCUT2D eigenvalue weighted by atomic mass is 9.89. The number of nitrogens with one attached hydrogen (secondary N) is 2. The minimum atomic E-state index is -0.801.